The van der Waals surface area contributed by atoms with Crippen LogP contribution in [0.3, 0.4) is 0 Å². The topological polar surface area (TPSA) is 97.4 Å². The second-order valence-electron chi connectivity index (χ2n) is 13.2. The van der Waals surface area contributed by atoms with Gasteiger partial charge in [-0.15, -0.1) is 12.6 Å². The highest BCUT2D eigenvalue weighted by Crippen LogP contribution is 2.47. The summed E-state index contributed by atoms with van der Waals surface area (Å²) in [6, 6.07) is 24.6. The number of fused-ring (bicyclic) bond motifs is 3. The Bertz CT molecular complexity index is 1870. The van der Waals surface area contributed by atoms with Gasteiger partial charge in [-0.25, -0.2) is 14.4 Å². The Labute approximate surface area is 292 Å². The molecule has 0 radical (unpaired) electrons. The first kappa shape index (κ1) is 35.3. The van der Waals surface area contributed by atoms with Crippen LogP contribution in [0.5, 0.6) is 23.0 Å². The van der Waals surface area contributed by atoms with Crippen LogP contribution in [0.15, 0.2) is 97.6 Å². The number of thiol groups is 1. The van der Waals surface area contributed by atoms with Crippen LogP contribution >= 0.6 is 12.6 Å². The summed E-state index contributed by atoms with van der Waals surface area (Å²) in [6.45, 7) is 14.8. The molecule has 0 spiro atoms. The van der Waals surface area contributed by atoms with Crippen molar-refractivity contribution in [3.05, 3.63) is 120 Å². The summed E-state index contributed by atoms with van der Waals surface area (Å²) in [7, 11) is 0. The maximum absolute atomic E-state index is 13.1. The third kappa shape index (κ3) is 8.72. The summed E-state index contributed by atoms with van der Waals surface area (Å²) in [6.07, 6.45) is 1.56. The summed E-state index contributed by atoms with van der Waals surface area (Å²) in [4.78, 5) is 37.6. The highest BCUT2D eigenvalue weighted by atomic mass is 32.1. The molecule has 254 valence electrons. The summed E-state index contributed by atoms with van der Waals surface area (Å²) < 4.78 is 28.6. The molecule has 2 unspecified atom stereocenters. The van der Waals surface area contributed by atoms with Crippen LogP contribution in [-0.2, 0) is 9.53 Å². The molecular formula is C40H40O8S. The minimum absolute atomic E-state index is 0.0213. The molecule has 0 saturated heterocycles. The highest BCUT2D eigenvalue weighted by Gasteiger charge is 2.33. The van der Waals surface area contributed by atoms with Crippen molar-refractivity contribution in [2.45, 2.75) is 70.5 Å². The third-order valence-electron chi connectivity index (χ3n) is 7.97. The second kappa shape index (κ2) is 14.2. The maximum Gasteiger partial charge on any atom is 0.343 e. The number of hydrogen-bond donors (Lipinski definition) is 1. The number of carbonyl (C=O) groups is 3. The number of esters is 3. The number of rotatable bonds is 12. The molecule has 0 aromatic heterocycles. The van der Waals surface area contributed by atoms with Crippen molar-refractivity contribution in [3.8, 4) is 34.1 Å². The average molecular weight is 681 g/mol. The van der Waals surface area contributed by atoms with E-state index in [4.69, 9.17) is 23.7 Å². The number of benzene rings is 4. The van der Waals surface area contributed by atoms with Gasteiger partial charge in [0.05, 0.1) is 11.1 Å². The van der Waals surface area contributed by atoms with Gasteiger partial charge < -0.3 is 23.7 Å². The van der Waals surface area contributed by atoms with Crippen LogP contribution in [-0.4, -0.2) is 34.5 Å². The lowest BCUT2D eigenvalue weighted by molar-refractivity contribution is -0.154. The predicted octanol–water partition coefficient (Wildman–Crippen LogP) is 8.97. The SMILES string of the molecule is C=CC(=O)OC(C)(C)CC(C)(C)Oc1ccc(C(=O)Oc2ccc3c(c2)C(C)c2cc(OC(=O)c4ccc(OC(C)S)cc4)ccc2-3)cc1. The molecule has 9 heteroatoms. The smallest absolute Gasteiger partial charge is 0.343 e. The average Bonchev–Trinajstić information content (AvgIpc) is 3.30. The van der Waals surface area contributed by atoms with Gasteiger partial charge in [-0.3, -0.25) is 0 Å². The lowest BCUT2D eigenvalue weighted by Gasteiger charge is -2.34. The Hall–Kier alpha value is -5.02. The quantitative estimate of drug-likeness (QED) is 0.0521. The van der Waals surface area contributed by atoms with E-state index in [2.05, 4.69) is 26.1 Å². The largest absolute Gasteiger partial charge is 0.488 e. The first-order valence-electron chi connectivity index (χ1n) is 15.9. The molecule has 2 atom stereocenters. The van der Waals surface area contributed by atoms with E-state index in [0.29, 0.717) is 40.5 Å². The molecule has 0 heterocycles. The normalized spacial score (nSPS) is 14.1. The molecule has 4 aromatic carbocycles. The molecule has 49 heavy (non-hydrogen) atoms. The van der Waals surface area contributed by atoms with Crippen LogP contribution in [0.4, 0.5) is 0 Å². The zero-order valence-electron chi connectivity index (χ0n) is 28.4. The van der Waals surface area contributed by atoms with Gasteiger partial charge in [-0.1, -0.05) is 25.6 Å². The zero-order valence-corrected chi connectivity index (χ0v) is 29.3. The highest BCUT2D eigenvalue weighted by molar-refractivity contribution is 7.80. The Balaban J connectivity index is 1.21. The van der Waals surface area contributed by atoms with Gasteiger partial charge in [0.25, 0.3) is 0 Å². The van der Waals surface area contributed by atoms with Gasteiger partial charge in [0.15, 0.2) is 0 Å². The van der Waals surface area contributed by atoms with E-state index in [0.717, 1.165) is 28.3 Å². The molecule has 0 aliphatic heterocycles. The Morgan fingerprint density at radius 3 is 1.63 bits per heavy atom. The van der Waals surface area contributed by atoms with E-state index in [-0.39, 0.29) is 11.4 Å². The van der Waals surface area contributed by atoms with Crippen LogP contribution in [0.25, 0.3) is 11.1 Å². The zero-order chi connectivity index (χ0) is 35.5. The van der Waals surface area contributed by atoms with Gasteiger partial charge in [-0.2, -0.15) is 0 Å². The molecule has 8 nitrogen and oxygen atoms in total. The van der Waals surface area contributed by atoms with E-state index < -0.39 is 29.1 Å². The maximum atomic E-state index is 13.1. The lowest BCUT2D eigenvalue weighted by Crippen LogP contribution is -2.40. The Morgan fingerprint density at radius 1 is 0.735 bits per heavy atom. The Kier molecular flexibility index (Phi) is 10.2. The van der Waals surface area contributed by atoms with Crippen molar-refractivity contribution in [1.82, 2.24) is 0 Å². The fraction of sp³-hybridized carbons (Fsp3) is 0.275. The van der Waals surface area contributed by atoms with Gasteiger partial charge in [0.1, 0.15) is 39.6 Å². The summed E-state index contributed by atoms with van der Waals surface area (Å²) >= 11 is 4.21. The van der Waals surface area contributed by atoms with Crippen molar-refractivity contribution in [2.24, 2.45) is 0 Å². The molecule has 0 saturated carbocycles. The van der Waals surface area contributed by atoms with E-state index in [9.17, 15) is 14.4 Å². The molecule has 0 fully saturated rings. The van der Waals surface area contributed by atoms with Gasteiger partial charge >= 0.3 is 17.9 Å². The van der Waals surface area contributed by atoms with Crippen molar-refractivity contribution < 1.29 is 38.1 Å². The standard InChI is InChI=1S/C40H40O8S/c1-8-36(41)48-40(6,7)23-39(4,5)47-29-15-11-27(12-16-29)38(43)46-31-18-20-33-32-19-17-30(21-34(32)24(2)35(33)22-31)45-37(42)26-9-13-28(14-10-26)44-25(3)49/h8-22,24-25,49H,1,23H2,2-7H3. The van der Waals surface area contributed by atoms with E-state index >= 15 is 0 Å². The molecule has 1 aliphatic rings. The predicted molar refractivity (Wildman–Crippen MR) is 191 cm³/mol. The van der Waals surface area contributed by atoms with E-state index in [1.165, 1.54) is 0 Å². The molecular weight excluding hydrogens is 640 g/mol. The minimum Gasteiger partial charge on any atom is -0.488 e. The first-order valence-corrected chi connectivity index (χ1v) is 16.5. The molecule has 0 amide bonds. The fourth-order valence-electron chi connectivity index (χ4n) is 6.17. The lowest BCUT2D eigenvalue weighted by atomic mass is 9.92. The van der Waals surface area contributed by atoms with Gasteiger partial charge in [-0.05, 0) is 130 Å². The molecule has 0 N–H and O–H groups in total. The van der Waals surface area contributed by atoms with Crippen LogP contribution in [0.1, 0.15) is 85.7 Å². The second-order valence-corrected chi connectivity index (χ2v) is 13.9. The van der Waals surface area contributed by atoms with Crippen LogP contribution < -0.4 is 18.9 Å². The van der Waals surface area contributed by atoms with Crippen molar-refractivity contribution in [1.29, 1.82) is 0 Å². The summed E-state index contributed by atoms with van der Waals surface area (Å²) in [5.41, 5.74) is 3.15. The molecule has 5 rings (SSSR count). The van der Waals surface area contributed by atoms with E-state index in [1.54, 1.807) is 60.7 Å². The third-order valence-corrected chi connectivity index (χ3v) is 8.07. The van der Waals surface area contributed by atoms with Crippen LogP contribution in [0.2, 0.25) is 0 Å². The summed E-state index contributed by atoms with van der Waals surface area (Å²) in [5.74, 6) is 0.556. The monoisotopic (exact) mass is 680 g/mol. The number of hydrogen-bond acceptors (Lipinski definition) is 9. The van der Waals surface area contributed by atoms with Crippen molar-refractivity contribution in [2.75, 3.05) is 0 Å². The van der Waals surface area contributed by atoms with Crippen LogP contribution in [0, 0.1) is 0 Å². The first-order chi connectivity index (χ1) is 23.1. The van der Waals surface area contributed by atoms with Gasteiger partial charge in [0.2, 0.25) is 0 Å². The Morgan fingerprint density at radius 2 is 1.18 bits per heavy atom. The molecule has 4 aromatic rings. The summed E-state index contributed by atoms with van der Waals surface area (Å²) in [5, 5.41) is 0. The molecule has 1 aliphatic carbocycles. The fourth-order valence-corrected chi connectivity index (χ4v) is 6.29. The van der Waals surface area contributed by atoms with Gasteiger partial charge in [0, 0.05) is 18.4 Å². The van der Waals surface area contributed by atoms with Crippen molar-refractivity contribution in [3.63, 3.8) is 0 Å². The number of ether oxygens (including phenoxy) is 5. The minimum atomic E-state index is -0.767. The number of carbonyl (C=O) groups excluding carboxylic acids is 3. The van der Waals surface area contributed by atoms with E-state index in [1.807, 2.05) is 58.9 Å². The van der Waals surface area contributed by atoms with Crippen molar-refractivity contribution >= 4 is 30.5 Å². The molecule has 0 bridgehead atoms.